The maximum atomic E-state index is 5.62. The first-order chi connectivity index (χ1) is 10.6. The topological polar surface area (TPSA) is 56.3 Å². The third-order valence-electron chi connectivity index (χ3n) is 3.34. The van der Waals surface area contributed by atoms with Crippen LogP contribution in [0.2, 0.25) is 0 Å². The number of hydrogen-bond acceptors (Lipinski definition) is 5. The van der Waals surface area contributed by atoms with Gasteiger partial charge in [-0.05, 0) is 49.8 Å². The predicted molar refractivity (Wildman–Crippen MR) is 86.5 cm³/mol. The minimum absolute atomic E-state index is 0.536. The van der Waals surface area contributed by atoms with E-state index in [-0.39, 0.29) is 0 Å². The number of rotatable bonds is 3. The van der Waals surface area contributed by atoms with Crippen molar-refractivity contribution >= 4 is 17.1 Å². The molecule has 5 nitrogen and oxygen atoms in total. The second-order valence-electron chi connectivity index (χ2n) is 5.05. The molecule has 1 aromatic heterocycles. The van der Waals surface area contributed by atoms with Crippen LogP contribution in [-0.4, -0.2) is 17.1 Å². The molecule has 0 saturated carbocycles. The van der Waals surface area contributed by atoms with E-state index >= 15 is 0 Å². The summed E-state index contributed by atoms with van der Waals surface area (Å²) in [5.74, 6) is 3.28. The van der Waals surface area contributed by atoms with Gasteiger partial charge >= 0.3 is 0 Å². The average molecular weight is 295 g/mol. The van der Waals surface area contributed by atoms with Crippen molar-refractivity contribution in [3.05, 3.63) is 54.1 Å². The van der Waals surface area contributed by atoms with Gasteiger partial charge < -0.3 is 14.8 Å². The van der Waals surface area contributed by atoms with E-state index in [0.29, 0.717) is 23.3 Å². The van der Waals surface area contributed by atoms with E-state index in [1.807, 2.05) is 44.2 Å². The van der Waals surface area contributed by atoms with Crippen molar-refractivity contribution in [1.82, 2.24) is 9.97 Å². The molecule has 1 aromatic carbocycles. The predicted octanol–water partition coefficient (Wildman–Crippen LogP) is 3.85. The standard InChI is InChI=1S/C17H17N3O2/c1-10-9-11(2)22-17-15(10)16(18-12(3)19-17)20-13-5-7-14(21-4)8-6-13/h5-9H,2H2,1,3-4H3,(H,18,19,20). The van der Waals surface area contributed by atoms with E-state index < -0.39 is 0 Å². The molecule has 1 aliphatic rings. The summed E-state index contributed by atoms with van der Waals surface area (Å²) in [4.78, 5) is 8.85. The van der Waals surface area contributed by atoms with Crippen molar-refractivity contribution in [2.75, 3.05) is 12.4 Å². The van der Waals surface area contributed by atoms with Crippen LogP contribution in [0.25, 0.3) is 5.57 Å². The SMILES string of the molecule is C=C1C=C(C)c2c(Nc3ccc(OC)cc3)nc(C)nc2O1. The Bertz CT molecular complexity index is 764. The van der Waals surface area contributed by atoms with Gasteiger partial charge in [-0.2, -0.15) is 4.98 Å². The number of hydrogen-bond donors (Lipinski definition) is 1. The van der Waals surface area contributed by atoms with Gasteiger partial charge in [-0.3, -0.25) is 0 Å². The molecule has 0 aliphatic carbocycles. The molecule has 2 heterocycles. The van der Waals surface area contributed by atoms with Crippen LogP contribution in [0.5, 0.6) is 11.6 Å². The molecule has 2 aromatic rings. The summed E-state index contributed by atoms with van der Waals surface area (Å²) in [6.07, 6.45) is 1.88. The minimum Gasteiger partial charge on any atom is -0.497 e. The molecular formula is C17H17N3O2. The molecule has 0 atom stereocenters. The lowest BCUT2D eigenvalue weighted by molar-refractivity contribution is 0.415. The van der Waals surface area contributed by atoms with Crippen LogP contribution in [0.4, 0.5) is 11.5 Å². The first-order valence-electron chi connectivity index (χ1n) is 6.92. The van der Waals surface area contributed by atoms with Crippen LogP contribution in [0.15, 0.2) is 42.7 Å². The zero-order valence-corrected chi connectivity index (χ0v) is 12.8. The Morgan fingerprint density at radius 3 is 2.55 bits per heavy atom. The van der Waals surface area contributed by atoms with Crippen molar-refractivity contribution in [2.45, 2.75) is 13.8 Å². The average Bonchev–Trinajstić information content (AvgIpc) is 2.46. The summed E-state index contributed by atoms with van der Waals surface area (Å²) in [6.45, 7) is 7.66. The summed E-state index contributed by atoms with van der Waals surface area (Å²) in [5.41, 5.74) is 2.79. The minimum atomic E-state index is 0.536. The Labute approximate surface area is 129 Å². The zero-order valence-electron chi connectivity index (χ0n) is 12.8. The van der Waals surface area contributed by atoms with Crippen LogP contribution in [0, 0.1) is 6.92 Å². The molecular weight excluding hydrogens is 278 g/mol. The van der Waals surface area contributed by atoms with Crippen molar-refractivity contribution in [1.29, 1.82) is 0 Å². The van der Waals surface area contributed by atoms with Gasteiger partial charge in [-0.1, -0.05) is 6.58 Å². The molecule has 22 heavy (non-hydrogen) atoms. The number of allylic oxidation sites excluding steroid dienone is 2. The van der Waals surface area contributed by atoms with Crippen molar-refractivity contribution in [3.8, 4) is 11.6 Å². The number of fused-ring (bicyclic) bond motifs is 1. The van der Waals surface area contributed by atoms with Crippen LogP contribution in [0.1, 0.15) is 18.3 Å². The summed E-state index contributed by atoms with van der Waals surface area (Å²) in [6, 6.07) is 7.66. The van der Waals surface area contributed by atoms with Gasteiger partial charge in [0, 0.05) is 5.69 Å². The number of aromatic nitrogens is 2. The summed E-state index contributed by atoms with van der Waals surface area (Å²) in [5, 5.41) is 3.31. The molecule has 112 valence electrons. The fraction of sp³-hybridized carbons (Fsp3) is 0.176. The number of methoxy groups -OCH3 is 1. The molecule has 3 rings (SSSR count). The molecule has 0 unspecified atom stereocenters. The summed E-state index contributed by atoms with van der Waals surface area (Å²) < 4.78 is 10.8. The number of anilines is 2. The van der Waals surface area contributed by atoms with Gasteiger partial charge in [0.15, 0.2) is 0 Å². The van der Waals surface area contributed by atoms with Crippen LogP contribution >= 0.6 is 0 Å². The smallest absolute Gasteiger partial charge is 0.232 e. The normalized spacial score (nSPS) is 13.0. The third kappa shape index (κ3) is 2.65. The van der Waals surface area contributed by atoms with Crippen molar-refractivity contribution in [2.24, 2.45) is 0 Å². The largest absolute Gasteiger partial charge is 0.497 e. The van der Waals surface area contributed by atoms with Gasteiger partial charge in [0.2, 0.25) is 5.88 Å². The molecule has 0 saturated heterocycles. The molecule has 1 aliphatic heterocycles. The molecule has 0 amide bonds. The van der Waals surface area contributed by atoms with E-state index in [2.05, 4.69) is 21.9 Å². The second kappa shape index (κ2) is 5.52. The van der Waals surface area contributed by atoms with Gasteiger partial charge in [-0.25, -0.2) is 4.98 Å². The molecule has 5 heteroatoms. The van der Waals surface area contributed by atoms with Gasteiger partial charge in [0.25, 0.3) is 0 Å². The van der Waals surface area contributed by atoms with E-state index in [4.69, 9.17) is 9.47 Å². The highest BCUT2D eigenvalue weighted by Crippen LogP contribution is 2.36. The van der Waals surface area contributed by atoms with E-state index in [1.165, 1.54) is 0 Å². The highest BCUT2D eigenvalue weighted by molar-refractivity contribution is 5.81. The Balaban J connectivity index is 2.01. The number of nitrogens with one attached hydrogen (secondary N) is 1. The Kier molecular flexibility index (Phi) is 3.55. The second-order valence-corrected chi connectivity index (χ2v) is 5.05. The Morgan fingerprint density at radius 1 is 1.14 bits per heavy atom. The third-order valence-corrected chi connectivity index (χ3v) is 3.34. The number of nitrogens with zero attached hydrogens (tertiary/aromatic N) is 2. The first kappa shape index (κ1) is 14.1. The van der Waals surface area contributed by atoms with Crippen molar-refractivity contribution in [3.63, 3.8) is 0 Å². The molecule has 0 radical (unpaired) electrons. The van der Waals surface area contributed by atoms with Gasteiger partial charge in [0.05, 0.1) is 12.7 Å². The molecule has 0 spiro atoms. The van der Waals surface area contributed by atoms with E-state index in [0.717, 1.165) is 22.6 Å². The monoisotopic (exact) mass is 295 g/mol. The highest BCUT2D eigenvalue weighted by atomic mass is 16.5. The molecule has 1 N–H and O–H groups in total. The maximum absolute atomic E-state index is 5.62. The lowest BCUT2D eigenvalue weighted by atomic mass is 10.1. The van der Waals surface area contributed by atoms with Gasteiger partial charge in [0.1, 0.15) is 23.2 Å². The zero-order chi connectivity index (χ0) is 15.7. The van der Waals surface area contributed by atoms with E-state index in [9.17, 15) is 0 Å². The lowest BCUT2D eigenvalue weighted by Crippen LogP contribution is -2.09. The summed E-state index contributed by atoms with van der Waals surface area (Å²) in [7, 11) is 1.64. The lowest BCUT2D eigenvalue weighted by Gasteiger charge is -2.20. The Hall–Kier alpha value is -2.82. The van der Waals surface area contributed by atoms with Gasteiger partial charge in [-0.15, -0.1) is 0 Å². The quantitative estimate of drug-likeness (QED) is 0.932. The number of aryl methyl sites for hydroxylation is 1. The van der Waals surface area contributed by atoms with Crippen LogP contribution < -0.4 is 14.8 Å². The Morgan fingerprint density at radius 2 is 1.86 bits per heavy atom. The summed E-state index contributed by atoms with van der Waals surface area (Å²) >= 11 is 0. The first-order valence-corrected chi connectivity index (χ1v) is 6.92. The van der Waals surface area contributed by atoms with E-state index in [1.54, 1.807) is 7.11 Å². The maximum Gasteiger partial charge on any atom is 0.232 e. The number of ether oxygens (including phenoxy) is 2. The molecule has 0 bridgehead atoms. The van der Waals surface area contributed by atoms with Crippen LogP contribution in [-0.2, 0) is 0 Å². The fourth-order valence-electron chi connectivity index (χ4n) is 2.34. The molecule has 0 fully saturated rings. The van der Waals surface area contributed by atoms with Crippen LogP contribution in [0.3, 0.4) is 0 Å². The highest BCUT2D eigenvalue weighted by Gasteiger charge is 2.21. The fourth-order valence-corrected chi connectivity index (χ4v) is 2.34. The number of benzene rings is 1. The van der Waals surface area contributed by atoms with Crippen molar-refractivity contribution < 1.29 is 9.47 Å².